The number of alkyl halides is 1. The van der Waals surface area contributed by atoms with Gasteiger partial charge in [-0.3, -0.25) is 4.79 Å². The minimum Gasteiger partial charge on any atom is -0.472 e. The molecule has 1 saturated carbocycles. The van der Waals surface area contributed by atoms with Crippen LogP contribution < -0.4 is 5.32 Å². The highest BCUT2D eigenvalue weighted by molar-refractivity contribution is 6.20. The molecule has 4 heteroatoms. The molecule has 1 aliphatic carbocycles. The topological polar surface area (TPSA) is 42.2 Å². The van der Waals surface area contributed by atoms with Gasteiger partial charge in [-0.05, 0) is 31.2 Å². The van der Waals surface area contributed by atoms with Crippen molar-refractivity contribution in [3.05, 3.63) is 24.2 Å². The van der Waals surface area contributed by atoms with Crippen molar-refractivity contribution < 1.29 is 9.21 Å². The summed E-state index contributed by atoms with van der Waals surface area (Å²) in [6, 6.07) is 1.67. The molecule has 2 atom stereocenters. The average molecular weight is 242 g/mol. The standard InChI is InChI=1S/C12H16ClNO2/c13-11-3-1-2-9(6-11)7-14-12(15)10-4-5-16-8-10/h4-5,8-9,11H,1-3,6-7H2,(H,14,15). The van der Waals surface area contributed by atoms with E-state index >= 15 is 0 Å². The molecule has 1 N–H and O–H groups in total. The lowest BCUT2D eigenvalue weighted by Crippen LogP contribution is -2.31. The molecule has 0 radical (unpaired) electrons. The Morgan fingerprint density at radius 3 is 3.12 bits per heavy atom. The van der Waals surface area contributed by atoms with Crippen molar-refractivity contribution in [3.63, 3.8) is 0 Å². The SMILES string of the molecule is O=C(NCC1CCCC(Cl)C1)c1ccoc1. The van der Waals surface area contributed by atoms with Gasteiger partial charge in [0.2, 0.25) is 0 Å². The van der Waals surface area contributed by atoms with Crippen LogP contribution in [0.1, 0.15) is 36.0 Å². The molecule has 1 aromatic rings. The van der Waals surface area contributed by atoms with E-state index in [9.17, 15) is 4.79 Å². The molecule has 16 heavy (non-hydrogen) atoms. The molecule has 0 saturated heterocycles. The van der Waals surface area contributed by atoms with Gasteiger partial charge in [-0.15, -0.1) is 11.6 Å². The number of carbonyl (C=O) groups is 1. The predicted octanol–water partition coefficient (Wildman–Crippen LogP) is 2.81. The van der Waals surface area contributed by atoms with Crippen molar-refractivity contribution in [1.82, 2.24) is 5.32 Å². The van der Waals surface area contributed by atoms with E-state index in [4.69, 9.17) is 16.0 Å². The van der Waals surface area contributed by atoms with Crippen molar-refractivity contribution in [3.8, 4) is 0 Å². The molecule has 0 aliphatic heterocycles. The van der Waals surface area contributed by atoms with Gasteiger partial charge in [-0.25, -0.2) is 0 Å². The van der Waals surface area contributed by atoms with Gasteiger partial charge >= 0.3 is 0 Å². The third kappa shape index (κ3) is 3.01. The first-order valence-electron chi connectivity index (χ1n) is 5.70. The second kappa shape index (κ2) is 5.39. The lowest BCUT2D eigenvalue weighted by atomic mass is 9.89. The third-order valence-corrected chi connectivity index (χ3v) is 3.45. The number of amides is 1. The Bertz CT molecular complexity index is 337. The maximum Gasteiger partial charge on any atom is 0.254 e. The zero-order valence-corrected chi connectivity index (χ0v) is 9.87. The molecular formula is C12H16ClNO2. The predicted molar refractivity (Wildman–Crippen MR) is 62.6 cm³/mol. The Balaban J connectivity index is 1.77. The molecule has 88 valence electrons. The second-order valence-corrected chi connectivity index (χ2v) is 4.97. The van der Waals surface area contributed by atoms with E-state index in [0.29, 0.717) is 18.0 Å². The highest BCUT2D eigenvalue weighted by Crippen LogP contribution is 2.27. The first-order valence-corrected chi connectivity index (χ1v) is 6.14. The van der Waals surface area contributed by atoms with Crippen LogP contribution in [0.5, 0.6) is 0 Å². The van der Waals surface area contributed by atoms with Crippen molar-refractivity contribution in [1.29, 1.82) is 0 Å². The van der Waals surface area contributed by atoms with Gasteiger partial charge in [0.05, 0.1) is 11.8 Å². The van der Waals surface area contributed by atoms with Gasteiger partial charge in [0.25, 0.3) is 5.91 Å². The molecule has 1 heterocycles. The van der Waals surface area contributed by atoms with E-state index in [-0.39, 0.29) is 11.3 Å². The van der Waals surface area contributed by atoms with E-state index < -0.39 is 0 Å². The fourth-order valence-corrected chi connectivity index (χ4v) is 2.55. The summed E-state index contributed by atoms with van der Waals surface area (Å²) >= 11 is 6.10. The van der Waals surface area contributed by atoms with Crippen molar-refractivity contribution >= 4 is 17.5 Å². The van der Waals surface area contributed by atoms with E-state index in [1.165, 1.54) is 18.9 Å². The summed E-state index contributed by atoms with van der Waals surface area (Å²) in [6.45, 7) is 0.716. The summed E-state index contributed by atoms with van der Waals surface area (Å²) in [5.74, 6) is 0.456. The minimum atomic E-state index is -0.0644. The molecular weight excluding hydrogens is 226 g/mol. The highest BCUT2D eigenvalue weighted by Gasteiger charge is 2.20. The van der Waals surface area contributed by atoms with Crippen LogP contribution in [0.2, 0.25) is 0 Å². The average Bonchev–Trinajstić information content (AvgIpc) is 2.79. The largest absolute Gasteiger partial charge is 0.472 e. The molecule has 0 spiro atoms. The Kier molecular flexibility index (Phi) is 3.88. The summed E-state index contributed by atoms with van der Waals surface area (Å²) in [7, 11) is 0. The number of rotatable bonds is 3. The summed E-state index contributed by atoms with van der Waals surface area (Å²) < 4.78 is 4.86. The minimum absolute atomic E-state index is 0.0644. The van der Waals surface area contributed by atoms with Crippen LogP contribution in [0, 0.1) is 5.92 Å². The zero-order valence-electron chi connectivity index (χ0n) is 9.12. The zero-order chi connectivity index (χ0) is 11.4. The monoisotopic (exact) mass is 241 g/mol. The summed E-state index contributed by atoms with van der Waals surface area (Å²) in [4.78, 5) is 11.6. The lowest BCUT2D eigenvalue weighted by Gasteiger charge is -2.25. The van der Waals surface area contributed by atoms with E-state index in [0.717, 1.165) is 19.3 Å². The van der Waals surface area contributed by atoms with Crippen LogP contribution in [0.15, 0.2) is 23.0 Å². The van der Waals surface area contributed by atoms with Crippen molar-refractivity contribution in [2.24, 2.45) is 5.92 Å². The molecule has 1 aromatic heterocycles. The molecule has 2 rings (SSSR count). The Morgan fingerprint density at radius 1 is 1.56 bits per heavy atom. The fraction of sp³-hybridized carbons (Fsp3) is 0.583. The van der Waals surface area contributed by atoms with Crippen molar-refractivity contribution in [2.45, 2.75) is 31.1 Å². The number of furan rings is 1. The molecule has 1 amide bonds. The fourth-order valence-electron chi connectivity index (χ4n) is 2.14. The number of hydrogen-bond donors (Lipinski definition) is 1. The van der Waals surface area contributed by atoms with E-state index in [1.807, 2.05) is 0 Å². The third-order valence-electron chi connectivity index (χ3n) is 3.05. The molecule has 0 aromatic carbocycles. The molecule has 2 unspecified atom stereocenters. The van der Waals surface area contributed by atoms with Crippen molar-refractivity contribution in [2.75, 3.05) is 6.54 Å². The van der Waals surface area contributed by atoms with Gasteiger partial charge in [-0.2, -0.15) is 0 Å². The number of nitrogens with one attached hydrogen (secondary N) is 1. The maximum absolute atomic E-state index is 11.6. The number of carbonyl (C=O) groups excluding carboxylic acids is 1. The van der Waals surface area contributed by atoms with Gasteiger partial charge in [0.15, 0.2) is 0 Å². The van der Waals surface area contributed by atoms with Gasteiger partial charge in [0, 0.05) is 11.9 Å². The van der Waals surface area contributed by atoms with Crippen LogP contribution in [0.25, 0.3) is 0 Å². The number of halogens is 1. The molecule has 1 fully saturated rings. The van der Waals surface area contributed by atoms with E-state index in [1.54, 1.807) is 6.07 Å². The summed E-state index contributed by atoms with van der Waals surface area (Å²) in [5, 5.41) is 3.20. The van der Waals surface area contributed by atoms with E-state index in [2.05, 4.69) is 5.32 Å². The molecule has 0 bridgehead atoms. The first kappa shape index (κ1) is 11.5. The second-order valence-electron chi connectivity index (χ2n) is 4.35. The quantitative estimate of drug-likeness (QED) is 0.827. The number of hydrogen-bond acceptors (Lipinski definition) is 2. The summed E-state index contributed by atoms with van der Waals surface area (Å²) in [5.41, 5.74) is 0.582. The highest BCUT2D eigenvalue weighted by atomic mass is 35.5. The van der Waals surface area contributed by atoms with Gasteiger partial charge in [-0.1, -0.05) is 6.42 Å². The first-order chi connectivity index (χ1) is 7.75. The molecule has 3 nitrogen and oxygen atoms in total. The smallest absolute Gasteiger partial charge is 0.254 e. The Hall–Kier alpha value is -0.960. The van der Waals surface area contributed by atoms with Crippen LogP contribution in [0.3, 0.4) is 0 Å². The Labute approximate surface area is 100 Å². The van der Waals surface area contributed by atoms with Gasteiger partial charge < -0.3 is 9.73 Å². The Morgan fingerprint density at radius 2 is 2.44 bits per heavy atom. The molecule has 1 aliphatic rings. The van der Waals surface area contributed by atoms with Crippen LogP contribution >= 0.6 is 11.6 Å². The van der Waals surface area contributed by atoms with Crippen LogP contribution in [0.4, 0.5) is 0 Å². The normalized spacial score (nSPS) is 25.3. The lowest BCUT2D eigenvalue weighted by molar-refractivity contribution is 0.0943. The summed E-state index contributed by atoms with van der Waals surface area (Å²) in [6.07, 6.45) is 7.40. The van der Waals surface area contributed by atoms with Gasteiger partial charge in [0.1, 0.15) is 6.26 Å². The van der Waals surface area contributed by atoms with Crippen LogP contribution in [-0.2, 0) is 0 Å². The van der Waals surface area contributed by atoms with Crippen LogP contribution in [-0.4, -0.2) is 17.8 Å². The maximum atomic E-state index is 11.6.